The Balaban J connectivity index is 1.75. The van der Waals surface area contributed by atoms with Gasteiger partial charge in [0.2, 0.25) is 0 Å². The number of aliphatic hydroxyl groups is 1. The number of nitrogens with one attached hydrogen (secondary N) is 1. The van der Waals surface area contributed by atoms with E-state index in [0.29, 0.717) is 12.2 Å². The van der Waals surface area contributed by atoms with Gasteiger partial charge >= 0.3 is 0 Å². The number of nitrogens with zero attached hydrogens (tertiary/aromatic N) is 1. The molecule has 2 heterocycles. The van der Waals surface area contributed by atoms with Crippen LogP contribution in [0.25, 0.3) is 0 Å². The number of aromatic nitrogens is 1. The van der Waals surface area contributed by atoms with Crippen LogP contribution >= 0.6 is 11.3 Å². The van der Waals surface area contributed by atoms with Crippen LogP contribution in [0.4, 0.5) is 0 Å². The van der Waals surface area contributed by atoms with Gasteiger partial charge in [0, 0.05) is 18.0 Å². The molecule has 0 radical (unpaired) electrons. The van der Waals surface area contributed by atoms with Crippen LogP contribution in [0.3, 0.4) is 0 Å². The van der Waals surface area contributed by atoms with Crippen molar-refractivity contribution in [1.82, 2.24) is 10.3 Å². The molecule has 0 aromatic carbocycles. The van der Waals surface area contributed by atoms with E-state index < -0.39 is 6.10 Å². The number of furan rings is 1. The van der Waals surface area contributed by atoms with E-state index in [4.69, 9.17) is 4.42 Å². The minimum absolute atomic E-state index is 0.205. The summed E-state index contributed by atoms with van der Waals surface area (Å²) < 4.78 is 5.16. The second-order valence-corrected chi connectivity index (χ2v) is 4.75. The van der Waals surface area contributed by atoms with Crippen molar-refractivity contribution >= 4 is 11.3 Å². The van der Waals surface area contributed by atoms with Crippen molar-refractivity contribution in [1.29, 1.82) is 0 Å². The fraction of sp³-hybridized carbons (Fsp3) is 0.417. The second kappa shape index (κ2) is 5.95. The molecule has 0 unspecified atom stereocenters. The first-order valence-corrected chi connectivity index (χ1v) is 6.52. The molecule has 0 bridgehead atoms. The van der Waals surface area contributed by atoms with E-state index in [1.54, 1.807) is 29.7 Å². The summed E-state index contributed by atoms with van der Waals surface area (Å²) in [5.41, 5.74) is 2.86. The number of thiazole rings is 1. The van der Waals surface area contributed by atoms with Gasteiger partial charge in [-0.3, -0.25) is 0 Å². The van der Waals surface area contributed by atoms with Crippen molar-refractivity contribution in [3.63, 3.8) is 0 Å². The van der Waals surface area contributed by atoms with E-state index >= 15 is 0 Å². The van der Waals surface area contributed by atoms with Gasteiger partial charge in [-0.1, -0.05) is 0 Å². The van der Waals surface area contributed by atoms with Crippen molar-refractivity contribution in [3.05, 3.63) is 40.7 Å². The standard InChI is InChI=1S/C12H16N2O2S/c1-9(13-6-10-7-17-8-14-10)5-11(15)12-3-2-4-16-12/h2-4,7-9,11,13,15H,5-6H2,1H3/t9-,11-/m0/s1. The molecule has 17 heavy (non-hydrogen) atoms. The lowest BCUT2D eigenvalue weighted by Crippen LogP contribution is -2.27. The topological polar surface area (TPSA) is 58.3 Å². The third-order valence-electron chi connectivity index (χ3n) is 2.56. The summed E-state index contributed by atoms with van der Waals surface area (Å²) in [5, 5.41) is 15.2. The van der Waals surface area contributed by atoms with Gasteiger partial charge < -0.3 is 14.8 Å². The van der Waals surface area contributed by atoms with Crippen molar-refractivity contribution in [2.24, 2.45) is 0 Å². The first-order valence-electron chi connectivity index (χ1n) is 5.57. The quantitative estimate of drug-likeness (QED) is 0.828. The highest BCUT2D eigenvalue weighted by Crippen LogP contribution is 2.18. The Kier molecular flexibility index (Phi) is 4.30. The van der Waals surface area contributed by atoms with Gasteiger partial charge in [-0.15, -0.1) is 11.3 Å². The number of hydrogen-bond acceptors (Lipinski definition) is 5. The van der Waals surface area contributed by atoms with Crippen LogP contribution in [0.2, 0.25) is 0 Å². The lowest BCUT2D eigenvalue weighted by molar-refractivity contribution is 0.128. The van der Waals surface area contributed by atoms with Crippen LogP contribution in [0.1, 0.15) is 30.9 Å². The molecule has 0 saturated heterocycles. The van der Waals surface area contributed by atoms with Crippen LogP contribution in [0.5, 0.6) is 0 Å². The van der Waals surface area contributed by atoms with E-state index in [2.05, 4.69) is 10.3 Å². The molecule has 2 rings (SSSR count). The third kappa shape index (κ3) is 3.66. The molecule has 0 aliphatic rings. The summed E-state index contributed by atoms with van der Waals surface area (Å²) in [5.74, 6) is 0.618. The average molecular weight is 252 g/mol. The lowest BCUT2D eigenvalue weighted by Gasteiger charge is -2.15. The van der Waals surface area contributed by atoms with Crippen molar-refractivity contribution in [3.8, 4) is 0 Å². The van der Waals surface area contributed by atoms with Crippen LogP contribution < -0.4 is 5.32 Å². The highest BCUT2D eigenvalue weighted by molar-refractivity contribution is 7.07. The molecule has 5 heteroatoms. The Hall–Kier alpha value is -1.17. The maximum atomic E-state index is 9.89. The summed E-state index contributed by atoms with van der Waals surface area (Å²) >= 11 is 1.59. The molecule has 0 aliphatic heterocycles. The average Bonchev–Trinajstić information content (AvgIpc) is 2.99. The molecule has 0 saturated carbocycles. The maximum absolute atomic E-state index is 9.89. The molecular weight excluding hydrogens is 236 g/mol. The van der Waals surface area contributed by atoms with E-state index in [0.717, 1.165) is 12.2 Å². The molecule has 4 nitrogen and oxygen atoms in total. The van der Waals surface area contributed by atoms with Crippen LogP contribution in [-0.2, 0) is 6.54 Å². The molecule has 92 valence electrons. The Morgan fingerprint density at radius 3 is 3.12 bits per heavy atom. The maximum Gasteiger partial charge on any atom is 0.132 e. The van der Waals surface area contributed by atoms with Gasteiger partial charge in [-0.2, -0.15) is 0 Å². The summed E-state index contributed by atoms with van der Waals surface area (Å²) in [4.78, 5) is 4.19. The fourth-order valence-corrected chi connectivity index (χ4v) is 2.18. The number of hydrogen-bond donors (Lipinski definition) is 2. The molecule has 0 amide bonds. The highest BCUT2D eigenvalue weighted by atomic mass is 32.1. The Morgan fingerprint density at radius 1 is 1.59 bits per heavy atom. The molecular formula is C12H16N2O2S. The zero-order valence-electron chi connectivity index (χ0n) is 9.67. The third-order valence-corrected chi connectivity index (χ3v) is 3.20. The second-order valence-electron chi connectivity index (χ2n) is 4.03. The normalized spacial score (nSPS) is 14.7. The van der Waals surface area contributed by atoms with Gasteiger partial charge in [0.05, 0.1) is 17.5 Å². The van der Waals surface area contributed by atoms with Crippen LogP contribution in [0.15, 0.2) is 33.7 Å². The number of aliphatic hydroxyl groups excluding tert-OH is 1. The van der Waals surface area contributed by atoms with Crippen molar-refractivity contribution in [2.45, 2.75) is 32.0 Å². The predicted molar refractivity (Wildman–Crippen MR) is 66.7 cm³/mol. The van der Waals surface area contributed by atoms with Crippen molar-refractivity contribution in [2.75, 3.05) is 0 Å². The minimum atomic E-state index is -0.553. The Bertz CT molecular complexity index is 414. The van der Waals surface area contributed by atoms with Gasteiger partial charge in [-0.05, 0) is 25.5 Å². The van der Waals surface area contributed by atoms with Gasteiger partial charge in [-0.25, -0.2) is 4.98 Å². The molecule has 0 spiro atoms. The van der Waals surface area contributed by atoms with Crippen LogP contribution in [-0.4, -0.2) is 16.1 Å². The fourth-order valence-electron chi connectivity index (χ4n) is 1.62. The molecule has 2 aromatic heterocycles. The monoisotopic (exact) mass is 252 g/mol. The van der Waals surface area contributed by atoms with Crippen molar-refractivity contribution < 1.29 is 9.52 Å². The van der Waals surface area contributed by atoms with Crippen LogP contribution in [0, 0.1) is 0 Å². The summed E-state index contributed by atoms with van der Waals surface area (Å²) in [7, 11) is 0. The SMILES string of the molecule is C[C@@H](C[C@H](O)c1ccco1)NCc1cscn1. The number of rotatable bonds is 6. The molecule has 2 N–H and O–H groups in total. The summed E-state index contributed by atoms with van der Waals surface area (Å²) in [6.07, 6.45) is 1.65. The highest BCUT2D eigenvalue weighted by Gasteiger charge is 2.14. The smallest absolute Gasteiger partial charge is 0.132 e. The molecule has 0 fully saturated rings. The van der Waals surface area contributed by atoms with E-state index in [1.807, 2.05) is 17.8 Å². The Labute approximate surface area is 104 Å². The first kappa shape index (κ1) is 12.3. The Morgan fingerprint density at radius 2 is 2.47 bits per heavy atom. The molecule has 2 atom stereocenters. The summed E-state index contributed by atoms with van der Waals surface area (Å²) in [6, 6.07) is 3.78. The molecule has 2 aromatic rings. The largest absolute Gasteiger partial charge is 0.467 e. The van der Waals surface area contributed by atoms with E-state index in [9.17, 15) is 5.11 Å². The predicted octanol–water partition coefficient (Wildman–Crippen LogP) is 2.34. The first-order chi connectivity index (χ1) is 8.25. The van der Waals surface area contributed by atoms with Gasteiger partial charge in [0.25, 0.3) is 0 Å². The molecule has 0 aliphatic carbocycles. The zero-order valence-corrected chi connectivity index (χ0v) is 10.5. The summed E-state index contributed by atoms with van der Waals surface area (Å²) in [6.45, 7) is 2.77. The van der Waals surface area contributed by atoms with Gasteiger partial charge in [0.15, 0.2) is 0 Å². The van der Waals surface area contributed by atoms with E-state index in [1.165, 1.54) is 0 Å². The van der Waals surface area contributed by atoms with E-state index in [-0.39, 0.29) is 6.04 Å². The zero-order chi connectivity index (χ0) is 12.1. The minimum Gasteiger partial charge on any atom is -0.467 e. The van der Waals surface area contributed by atoms with Gasteiger partial charge in [0.1, 0.15) is 11.9 Å². The lowest BCUT2D eigenvalue weighted by atomic mass is 10.1.